The normalized spacial score (nSPS) is 23.0. The zero-order valence-electron chi connectivity index (χ0n) is 8.90. The summed E-state index contributed by atoms with van der Waals surface area (Å²) in [7, 11) is 6.64. The molecule has 1 aliphatic carbocycles. The van der Waals surface area contributed by atoms with E-state index in [1.165, 1.54) is 24.7 Å². The van der Waals surface area contributed by atoms with E-state index < -0.39 is 0 Å². The van der Waals surface area contributed by atoms with E-state index in [1.807, 2.05) is 6.20 Å². The number of aromatic nitrogens is 1. The van der Waals surface area contributed by atoms with Crippen LogP contribution in [0.2, 0.25) is 0 Å². The molecule has 5 unspecified atom stereocenters. The van der Waals surface area contributed by atoms with Crippen molar-refractivity contribution in [3.05, 3.63) is 23.4 Å². The quantitative estimate of drug-likeness (QED) is 0.753. The Morgan fingerprint density at radius 1 is 1.60 bits per heavy atom. The van der Waals surface area contributed by atoms with E-state index in [2.05, 4.69) is 35.8 Å². The van der Waals surface area contributed by atoms with Gasteiger partial charge in [-0.05, 0) is 49.7 Å². The lowest BCUT2D eigenvalue weighted by Gasteiger charge is -2.25. The highest BCUT2D eigenvalue weighted by molar-refractivity contribution is 8.63. The van der Waals surface area contributed by atoms with E-state index in [-0.39, 0.29) is 7.30 Å². The second kappa shape index (κ2) is 5.47. The molecule has 0 N–H and O–H groups in total. The van der Waals surface area contributed by atoms with Gasteiger partial charge in [-0.15, -0.1) is 17.9 Å². The Kier molecular flexibility index (Phi) is 4.50. The van der Waals surface area contributed by atoms with Gasteiger partial charge in [0.2, 0.25) is 0 Å². The predicted molar refractivity (Wildman–Crippen MR) is 79.7 cm³/mol. The molecule has 0 amide bonds. The first-order valence-corrected chi connectivity index (χ1v) is 11.8. The number of hydrogen-bond acceptors (Lipinski definition) is 1. The third-order valence-electron chi connectivity index (χ3n) is 2.96. The van der Waals surface area contributed by atoms with Crippen LogP contribution in [0.4, 0.5) is 0 Å². The van der Waals surface area contributed by atoms with Gasteiger partial charge < -0.3 is 0 Å². The number of fused-ring (bicyclic) bond motifs is 1. The Bertz CT molecular complexity index is 355. The Morgan fingerprint density at radius 3 is 3.13 bits per heavy atom. The highest BCUT2D eigenvalue weighted by Gasteiger charge is 2.20. The molecule has 15 heavy (non-hydrogen) atoms. The summed E-state index contributed by atoms with van der Waals surface area (Å²) >= 11 is 0. The Labute approximate surface area is 99.2 Å². The Morgan fingerprint density at radius 2 is 2.40 bits per heavy atom. The topological polar surface area (TPSA) is 12.9 Å². The zero-order valence-corrected chi connectivity index (χ0v) is 13.1. The van der Waals surface area contributed by atoms with Gasteiger partial charge in [0.15, 0.2) is 0 Å². The van der Waals surface area contributed by atoms with Crippen molar-refractivity contribution >= 4 is 38.5 Å². The number of nitrogens with zero attached hydrogens (tertiary/aromatic N) is 1. The summed E-state index contributed by atoms with van der Waals surface area (Å²) in [6.45, 7) is 2.35. The van der Waals surface area contributed by atoms with E-state index in [0.29, 0.717) is 0 Å². The van der Waals surface area contributed by atoms with Crippen molar-refractivity contribution in [2.75, 3.05) is 0 Å². The van der Waals surface area contributed by atoms with Gasteiger partial charge >= 0.3 is 0 Å². The minimum atomic E-state index is -0.111. The highest BCUT2D eigenvalue weighted by Crippen LogP contribution is 2.65. The van der Waals surface area contributed by atoms with Gasteiger partial charge in [-0.3, -0.25) is 4.98 Å². The van der Waals surface area contributed by atoms with Crippen LogP contribution in [-0.2, 0) is 12.8 Å². The van der Waals surface area contributed by atoms with E-state index in [0.717, 1.165) is 13.9 Å². The van der Waals surface area contributed by atoms with E-state index in [9.17, 15) is 0 Å². The van der Waals surface area contributed by atoms with Gasteiger partial charge in [0.25, 0.3) is 0 Å². The fourth-order valence-corrected chi connectivity index (χ4v) is 5.65. The van der Waals surface area contributed by atoms with Crippen molar-refractivity contribution in [2.45, 2.75) is 26.2 Å². The van der Waals surface area contributed by atoms with Crippen LogP contribution in [-0.4, -0.2) is 4.98 Å². The number of aryl methyl sites for hydroxylation is 1. The van der Waals surface area contributed by atoms with Crippen molar-refractivity contribution in [3.8, 4) is 0 Å². The van der Waals surface area contributed by atoms with Crippen molar-refractivity contribution in [3.63, 3.8) is 0 Å². The van der Waals surface area contributed by atoms with E-state index >= 15 is 0 Å². The molecule has 5 atom stereocenters. The van der Waals surface area contributed by atoms with Crippen LogP contribution in [0.1, 0.15) is 24.5 Å². The lowest BCUT2D eigenvalue weighted by molar-refractivity contribution is 0.502. The molecule has 0 bridgehead atoms. The second-order valence-electron chi connectivity index (χ2n) is 4.12. The maximum atomic E-state index is 4.60. The van der Waals surface area contributed by atoms with E-state index in [1.54, 1.807) is 11.1 Å². The molecule has 1 aliphatic rings. The third-order valence-corrected chi connectivity index (χ3v) is 12.8. The van der Waals surface area contributed by atoms with Gasteiger partial charge in [0, 0.05) is 6.20 Å². The van der Waals surface area contributed by atoms with Gasteiger partial charge in [-0.25, -0.2) is 0 Å². The summed E-state index contributed by atoms with van der Waals surface area (Å²) in [5, 5.41) is 0. The van der Waals surface area contributed by atoms with Crippen LogP contribution in [0.5, 0.6) is 0 Å². The first-order chi connectivity index (χ1) is 7.22. The molecule has 0 aliphatic heterocycles. The summed E-state index contributed by atoms with van der Waals surface area (Å²) in [6, 6.07) is 2.21. The van der Waals surface area contributed by atoms with Crippen molar-refractivity contribution in [1.29, 1.82) is 0 Å². The lowest BCUT2D eigenvalue weighted by atomic mass is 9.86. The molecule has 5 heteroatoms. The molecule has 0 saturated heterocycles. The zero-order chi connectivity index (χ0) is 10.8. The molecule has 0 saturated carbocycles. The fourth-order valence-electron chi connectivity index (χ4n) is 2.10. The fraction of sp³-hybridized carbons (Fsp3) is 0.500. The maximum Gasteiger partial charge on any atom is 0.0747 e. The summed E-state index contributed by atoms with van der Waals surface area (Å²) in [5.41, 5.74) is 4.50. The summed E-state index contributed by atoms with van der Waals surface area (Å²) in [4.78, 5) is 4.60. The number of rotatable bonds is 2. The monoisotopic (exact) mass is 275 g/mol. The molecule has 0 spiro atoms. The second-order valence-corrected chi connectivity index (χ2v) is 13.2. The standard InChI is InChI=1S/C10H17NP4/c1-7-2-3-8-4-5-11-10(9(8)6-7)15(13)14-12/h4-5,7,14H,2-3,6,12-13H2,1H3. The van der Waals surface area contributed by atoms with Crippen LogP contribution >= 0.6 is 33.1 Å². The molecule has 1 aromatic heterocycles. The van der Waals surface area contributed by atoms with Crippen LogP contribution in [0.15, 0.2) is 12.3 Å². The predicted octanol–water partition coefficient (Wildman–Crippen LogP) is 3.49. The molecule has 82 valence electrons. The van der Waals surface area contributed by atoms with Gasteiger partial charge in [-0.1, -0.05) is 14.9 Å². The highest BCUT2D eigenvalue weighted by atomic mass is 32.6. The minimum absolute atomic E-state index is 0.111. The van der Waals surface area contributed by atoms with Crippen LogP contribution in [0.3, 0.4) is 0 Å². The Hall–Kier alpha value is 0.870. The molecule has 0 radical (unpaired) electrons. The van der Waals surface area contributed by atoms with Crippen LogP contribution in [0.25, 0.3) is 0 Å². The molecule has 1 nitrogen and oxygen atoms in total. The van der Waals surface area contributed by atoms with Gasteiger partial charge in [0.1, 0.15) is 0 Å². The van der Waals surface area contributed by atoms with Crippen LogP contribution in [0, 0.1) is 5.92 Å². The summed E-state index contributed by atoms with van der Waals surface area (Å²) in [5.74, 6) is 0.835. The van der Waals surface area contributed by atoms with Gasteiger partial charge in [-0.2, -0.15) is 0 Å². The maximum absolute atomic E-state index is 4.60. The number of hydrogen-bond donors (Lipinski definition) is 0. The molecular weight excluding hydrogens is 258 g/mol. The first-order valence-electron chi connectivity index (χ1n) is 5.20. The van der Waals surface area contributed by atoms with Crippen molar-refractivity contribution < 1.29 is 0 Å². The smallest absolute Gasteiger partial charge is 0.0747 e. The van der Waals surface area contributed by atoms with Gasteiger partial charge in [0.05, 0.1) is 5.44 Å². The van der Waals surface area contributed by atoms with Crippen molar-refractivity contribution in [1.82, 2.24) is 4.98 Å². The van der Waals surface area contributed by atoms with Crippen LogP contribution < -0.4 is 5.44 Å². The molecular formula is C10H17NP4. The molecule has 1 heterocycles. The largest absolute Gasteiger partial charge is 0.256 e. The Balaban J connectivity index is 2.39. The molecule has 2 rings (SSSR count). The number of pyridine rings is 1. The molecule has 0 fully saturated rings. The minimum Gasteiger partial charge on any atom is -0.256 e. The lowest BCUT2D eigenvalue weighted by Crippen LogP contribution is -2.20. The summed E-state index contributed by atoms with van der Waals surface area (Å²) < 4.78 is 0. The SMILES string of the molecule is CC1CCc2ccnc(P(P)PP)c2C1. The van der Waals surface area contributed by atoms with Crippen molar-refractivity contribution in [2.24, 2.45) is 5.92 Å². The first kappa shape index (κ1) is 12.3. The average molecular weight is 275 g/mol. The third kappa shape index (κ3) is 2.76. The molecule has 1 aromatic rings. The molecule has 0 aromatic carbocycles. The van der Waals surface area contributed by atoms with E-state index in [4.69, 9.17) is 0 Å². The average Bonchev–Trinajstić information content (AvgIpc) is 2.27. The summed E-state index contributed by atoms with van der Waals surface area (Å²) in [6.07, 6.45) is 5.82.